The van der Waals surface area contributed by atoms with E-state index in [1.807, 2.05) is 48.5 Å². The highest BCUT2D eigenvalue weighted by atomic mass is 16.5. The van der Waals surface area contributed by atoms with Crippen LogP contribution in [0.25, 0.3) is 5.69 Å². The van der Waals surface area contributed by atoms with Gasteiger partial charge in [0.1, 0.15) is 11.4 Å². The van der Waals surface area contributed by atoms with E-state index in [-0.39, 0.29) is 11.9 Å². The first-order valence-electron chi connectivity index (χ1n) is 9.16. The average Bonchev–Trinajstić information content (AvgIpc) is 3.37. The van der Waals surface area contributed by atoms with Crippen molar-refractivity contribution in [3.8, 4) is 11.4 Å². The van der Waals surface area contributed by atoms with Gasteiger partial charge in [-0.1, -0.05) is 12.1 Å². The van der Waals surface area contributed by atoms with Crippen LogP contribution in [-0.4, -0.2) is 44.0 Å². The van der Waals surface area contributed by atoms with Gasteiger partial charge >= 0.3 is 0 Å². The minimum atomic E-state index is -0.00787. The number of likely N-dealkylation sites (tertiary alicyclic amines) is 1. The van der Waals surface area contributed by atoms with Crippen LogP contribution in [0, 0.1) is 0 Å². The van der Waals surface area contributed by atoms with Gasteiger partial charge < -0.3 is 9.64 Å². The van der Waals surface area contributed by atoms with Crippen LogP contribution >= 0.6 is 0 Å². The van der Waals surface area contributed by atoms with E-state index in [4.69, 9.17) is 4.74 Å². The summed E-state index contributed by atoms with van der Waals surface area (Å²) in [5, 5.41) is 8.90. The first-order chi connectivity index (χ1) is 13.2. The van der Waals surface area contributed by atoms with Crippen molar-refractivity contribution in [3.05, 3.63) is 60.2 Å². The fourth-order valence-electron chi connectivity index (χ4n) is 3.64. The molecule has 1 atom stereocenters. The van der Waals surface area contributed by atoms with Crippen molar-refractivity contribution in [1.82, 2.24) is 24.5 Å². The van der Waals surface area contributed by atoms with Crippen LogP contribution in [0.1, 0.15) is 41.4 Å². The van der Waals surface area contributed by atoms with Gasteiger partial charge in [0.2, 0.25) is 0 Å². The predicted octanol–water partition coefficient (Wildman–Crippen LogP) is 2.98. The summed E-state index contributed by atoms with van der Waals surface area (Å²) in [6.45, 7) is 0.736. The van der Waals surface area contributed by atoms with Crippen molar-refractivity contribution >= 4 is 5.91 Å². The van der Waals surface area contributed by atoms with Crippen molar-refractivity contribution in [2.45, 2.75) is 25.3 Å². The van der Waals surface area contributed by atoms with E-state index in [1.54, 1.807) is 28.9 Å². The minimum Gasteiger partial charge on any atom is -0.494 e. The molecule has 140 valence electrons. The van der Waals surface area contributed by atoms with Gasteiger partial charge in [-0.15, -0.1) is 0 Å². The number of hydrogen-bond donors (Lipinski definition) is 0. The molecule has 2 aromatic heterocycles. The summed E-state index contributed by atoms with van der Waals surface area (Å²) in [5.41, 5.74) is 2.32. The number of para-hydroxylation sites is 2. The molecule has 1 aromatic carbocycles. The first-order valence-corrected chi connectivity index (χ1v) is 9.16. The van der Waals surface area contributed by atoms with Crippen molar-refractivity contribution in [3.63, 3.8) is 0 Å². The zero-order chi connectivity index (χ0) is 18.8. The van der Waals surface area contributed by atoms with Crippen molar-refractivity contribution < 1.29 is 9.53 Å². The van der Waals surface area contributed by atoms with E-state index in [2.05, 4.69) is 10.2 Å². The Labute approximate surface area is 158 Å². The fraction of sp³-hybridized carbons (Fsp3) is 0.350. The zero-order valence-electron chi connectivity index (χ0n) is 15.6. The molecule has 3 aromatic rings. The number of amides is 1. The third-order valence-corrected chi connectivity index (χ3v) is 5.00. The quantitative estimate of drug-likeness (QED) is 0.713. The fourth-order valence-corrected chi connectivity index (χ4v) is 3.64. The molecule has 1 aliphatic heterocycles. The molecular formula is C20H23N5O2. The highest BCUT2D eigenvalue weighted by Gasteiger charge is 2.30. The molecule has 1 aliphatic rings. The molecule has 1 saturated heterocycles. The molecule has 0 aliphatic carbocycles. The maximum atomic E-state index is 13.2. The molecule has 0 spiro atoms. The maximum absolute atomic E-state index is 13.2. The molecule has 0 unspecified atom stereocenters. The molecule has 0 bridgehead atoms. The first kappa shape index (κ1) is 17.3. The summed E-state index contributed by atoms with van der Waals surface area (Å²) in [5.74, 6) is 0.704. The van der Waals surface area contributed by atoms with Gasteiger partial charge in [-0.2, -0.15) is 10.2 Å². The summed E-state index contributed by atoms with van der Waals surface area (Å²) < 4.78 is 8.87. The standard InChI is InChI=1S/C20H23N5O2/c1-23-12-10-16(22-23)17-7-5-6-11-24(17)20(26)15-13-21-25(14-15)18-8-3-4-9-19(18)27-2/h3-4,8-10,12-14,17H,5-7,11H2,1-2H3/t17-/m0/s1. The summed E-state index contributed by atoms with van der Waals surface area (Å²) in [7, 11) is 3.52. The van der Waals surface area contributed by atoms with Crippen molar-refractivity contribution in [2.75, 3.05) is 13.7 Å². The number of ether oxygens (including phenoxy) is 1. The topological polar surface area (TPSA) is 65.2 Å². The average molecular weight is 365 g/mol. The Morgan fingerprint density at radius 3 is 2.85 bits per heavy atom. The SMILES string of the molecule is COc1ccccc1-n1cc(C(=O)N2CCCC[C@H]2c2ccn(C)n2)cn1. The molecule has 0 saturated carbocycles. The Kier molecular flexibility index (Phi) is 4.66. The van der Waals surface area contributed by atoms with Gasteiger partial charge in [-0.25, -0.2) is 4.68 Å². The van der Waals surface area contributed by atoms with Crippen LogP contribution in [0.3, 0.4) is 0 Å². The second-order valence-corrected chi connectivity index (χ2v) is 6.77. The number of rotatable bonds is 4. The number of hydrogen-bond acceptors (Lipinski definition) is 4. The predicted molar refractivity (Wildman–Crippen MR) is 101 cm³/mol. The number of carbonyl (C=O) groups excluding carboxylic acids is 1. The second-order valence-electron chi connectivity index (χ2n) is 6.77. The van der Waals surface area contributed by atoms with E-state index in [9.17, 15) is 4.79 Å². The summed E-state index contributed by atoms with van der Waals surface area (Å²) >= 11 is 0. The van der Waals surface area contributed by atoms with Crippen molar-refractivity contribution in [1.29, 1.82) is 0 Å². The smallest absolute Gasteiger partial charge is 0.257 e. The molecule has 3 heterocycles. The number of carbonyl (C=O) groups is 1. The highest BCUT2D eigenvalue weighted by molar-refractivity contribution is 5.94. The number of benzene rings is 1. The second kappa shape index (κ2) is 7.26. The molecular weight excluding hydrogens is 342 g/mol. The Hall–Kier alpha value is -3.09. The van der Waals surface area contributed by atoms with Gasteiger partial charge in [0.05, 0.1) is 30.6 Å². The van der Waals surface area contributed by atoms with Crippen LogP contribution in [0.15, 0.2) is 48.9 Å². The van der Waals surface area contributed by atoms with E-state index in [0.717, 1.165) is 37.2 Å². The molecule has 7 nitrogen and oxygen atoms in total. The zero-order valence-corrected chi connectivity index (χ0v) is 15.6. The highest BCUT2D eigenvalue weighted by Crippen LogP contribution is 2.31. The van der Waals surface area contributed by atoms with E-state index in [0.29, 0.717) is 11.3 Å². The van der Waals surface area contributed by atoms with Crippen LogP contribution < -0.4 is 4.74 Å². The Bertz CT molecular complexity index is 945. The van der Waals surface area contributed by atoms with Crippen LogP contribution in [0.2, 0.25) is 0 Å². The minimum absolute atomic E-state index is 0.00787. The van der Waals surface area contributed by atoms with Crippen molar-refractivity contribution in [2.24, 2.45) is 7.05 Å². The lowest BCUT2D eigenvalue weighted by Crippen LogP contribution is -2.38. The van der Waals surface area contributed by atoms with Gasteiger partial charge in [0.15, 0.2) is 0 Å². The molecule has 0 N–H and O–H groups in total. The van der Waals surface area contributed by atoms with Crippen LogP contribution in [0.5, 0.6) is 5.75 Å². The van der Waals surface area contributed by atoms with Crippen LogP contribution in [0.4, 0.5) is 0 Å². The third kappa shape index (κ3) is 3.32. The summed E-state index contributed by atoms with van der Waals surface area (Å²) in [6, 6.07) is 9.63. The lowest BCUT2D eigenvalue weighted by atomic mass is 9.98. The van der Waals surface area contributed by atoms with Gasteiger partial charge in [0.25, 0.3) is 5.91 Å². The Balaban J connectivity index is 1.61. The van der Waals surface area contributed by atoms with Crippen LogP contribution in [-0.2, 0) is 7.05 Å². The number of aromatic nitrogens is 4. The van der Waals surface area contributed by atoms with Gasteiger partial charge in [0, 0.05) is 26.0 Å². The number of aryl methyl sites for hydroxylation is 1. The molecule has 7 heteroatoms. The molecule has 1 fully saturated rings. The lowest BCUT2D eigenvalue weighted by Gasteiger charge is -2.34. The monoisotopic (exact) mass is 365 g/mol. The molecule has 0 radical (unpaired) electrons. The lowest BCUT2D eigenvalue weighted by molar-refractivity contribution is 0.0605. The maximum Gasteiger partial charge on any atom is 0.257 e. The summed E-state index contributed by atoms with van der Waals surface area (Å²) in [4.78, 5) is 15.1. The van der Waals surface area contributed by atoms with Gasteiger partial charge in [-0.3, -0.25) is 9.48 Å². The Morgan fingerprint density at radius 1 is 1.22 bits per heavy atom. The largest absolute Gasteiger partial charge is 0.494 e. The number of piperidine rings is 1. The van der Waals surface area contributed by atoms with Gasteiger partial charge in [-0.05, 0) is 37.5 Å². The third-order valence-electron chi connectivity index (χ3n) is 5.00. The van der Waals surface area contributed by atoms with E-state index < -0.39 is 0 Å². The normalized spacial score (nSPS) is 17.1. The Morgan fingerprint density at radius 2 is 2.07 bits per heavy atom. The van der Waals surface area contributed by atoms with E-state index in [1.165, 1.54) is 0 Å². The molecule has 1 amide bonds. The molecule has 4 rings (SSSR count). The number of methoxy groups -OCH3 is 1. The summed E-state index contributed by atoms with van der Waals surface area (Å²) in [6.07, 6.45) is 8.36. The van der Waals surface area contributed by atoms with E-state index >= 15 is 0 Å². The number of nitrogens with zero attached hydrogens (tertiary/aromatic N) is 5. The molecule has 27 heavy (non-hydrogen) atoms.